The van der Waals surface area contributed by atoms with E-state index in [4.69, 9.17) is 18.9 Å². The fraction of sp³-hybridized carbons (Fsp3) is 0.804. The number of aliphatic hydroxyl groups is 8. The molecule has 0 aromatic rings. The first kappa shape index (κ1) is 54.1. The van der Waals surface area contributed by atoms with E-state index in [0.717, 1.165) is 57.8 Å². The van der Waals surface area contributed by atoms with Crippen molar-refractivity contribution in [1.29, 1.82) is 0 Å². The van der Waals surface area contributed by atoms with Gasteiger partial charge in [0.2, 0.25) is 5.91 Å². The number of ether oxygens (including phenoxy) is 4. The standard InChI is InChI=1S/C46H81NO13/c1-3-5-7-9-11-13-15-16-17-18-20-22-24-26-28-30-38(51)47-34(35(50)29-27-25-23-21-19-14-12-10-8-6-4-2)33-57-45-43(56)41(54)44(37(32-49)59-45)60-46-42(55)40(53)39(52)36(31-48)58-46/h11,13,16-17,19,21,27,29,34-37,39-46,48-50,52-56H,3-10,12,14-15,18,20,22-26,28,30-33H2,1-2H3,(H,47,51)/b13-11-,17-16-,21-19+,29-27+. The zero-order chi connectivity index (χ0) is 44.0. The monoisotopic (exact) mass is 856 g/mol. The lowest BCUT2D eigenvalue weighted by atomic mass is 9.97. The minimum atomic E-state index is -1.79. The Labute approximate surface area is 359 Å². The normalized spacial score (nSPS) is 28.7. The third-order valence-corrected chi connectivity index (χ3v) is 11.0. The van der Waals surface area contributed by atoms with E-state index in [2.05, 4.69) is 55.6 Å². The minimum Gasteiger partial charge on any atom is -0.394 e. The number of rotatable bonds is 33. The molecule has 14 heteroatoms. The van der Waals surface area contributed by atoms with E-state index in [1.165, 1.54) is 51.4 Å². The van der Waals surface area contributed by atoms with Gasteiger partial charge in [0, 0.05) is 6.42 Å². The summed E-state index contributed by atoms with van der Waals surface area (Å²) in [5.74, 6) is -0.269. The summed E-state index contributed by atoms with van der Waals surface area (Å²) >= 11 is 0. The number of nitrogens with one attached hydrogen (secondary N) is 1. The molecule has 0 bridgehead atoms. The number of carbonyl (C=O) groups is 1. The van der Waals surface area contributed by atoms with Gasteiger partial charge in [-0.25, -0.2) is 0 Å². The third-order valence-electron chi connectivity index (χ3n) is 11.0. The quantitative estimate of drug-likeness (QED) is 0.0327. The van der Waals surface area contributed by atoms with Crippen LogP contribution in [0.5, 0.6) is 0 Å². The van der Waals surface area contributed by atoms with Crippen LogP contribution in [0.15, 0.2) is 48.6 Å². The van der Waals surface area contributed by atoms with Crippen molar-refractivity contribution in [3.8, 4) is 0 Å². The van der Waals surface area contributed by atoms with Crippen molar-refractivity contribution in [2.45, 2.75) is 216 Å². The number of unbranched alkanes of at least 4 members (excludes halogenated alkanes) is 14. The Morgan fingerprint density at radius 1 is 0.600 bits per heavy atom. The van der Waals surface area contributed by atoms with Crippen LogP contribution in [0.1, 0.15) is 142 Å². The van der Waals surface area contributed by atoms with Gasteiger partial charge >= 0.3 is 0 Å². The van der Waals surface area contributed by atoms with E-state index in [0.29, 0.717) is 12.8 Å². The second-order valence-corrected chi connectivity index (χ2v) is 16.2. The van der Waals surface area contributed by atoms with Crippen molar-refractivity contribution in [2.24, 2.45) is 0 Å². The van der Waals surface area contributed by atoms with Gasteiger partial charge in [-0.3, -0.25) is 4.79 Å². The molecule has 2 fully saturated rings. The first-order valence-electron chi connectivity index (χ1n) is 22.9. The summed E-state index contributed by atoms with van der Waals surface area (Å²) in [7, 11) is 0. The molecule has 2 saturated heterocycles. The minimum absolute atomic E-state index is 0.255. The summed E-state index contributed by atoms with van der Waals surface area (Å²) in [6.45, 7) is 2.66. The van der Waals surface area contributed by atoms with Crippen LogP contribution in [0.25, 0.3) is 0 Å². The van der Waals surface area contributed by atoms with Crippen LogP contribution in [0, 0.1) is 0 Å². The molecular weight excluding hydrogens is 774 g/mol. The molecule has 0 spiro atoms. The van der Waals surface area contributed by atoms with Gasteiger partial charge in [0.15, 0.2) is 12.6 Å². The molecule has 348 valence electrons. The van der Waals surface area contributed by atoms with Crippen LogP contribution in [0.2, 0.25) is 0 Å². The second-order valence-electron chi connectivity index (χ2n) is 16.2. The molecule has 0 saturated carbocycles. The SMILES string of the molecule is CCCCC/C=C\C/C=C\CCCCCCCC(=O)NC(COC1OC(CO)C(OC2OC(CO)C(O)C(O)C2O)C(O)C1O)C(O)/C=C/CC/C=C/CCCCCCC. The van der Waals surface area contributed by atoms with Crippen LogP contribution in [0.4, 0.5) is 0 Å². The Morgan fingerprint density at radius 2 is 1.12 bits per heavy atom. The van der Waals surface area contributed by atoms with Gasteiger partial charge in [0.05, 0.1) is 32.0 Å². The van der Waals surface area contributed by atoms with Crippen molar-refractivity contribution in [1.82, 2.24) is 5.32 Å². The molecule has 9 N–H and O–H groups in total. The van der Waals surface area contributed by atoms with Gasteiger partial charge in [-0.2, -0.15) is 0 Å². The van der Waals surface area contributed by atoms with E-state index in [9.17, 15) is 45.6 Å². The number of carbonyl (C=O) groups excluding carboxylic acids is 1. The van der Waals surface area contributed by atoms with Crippen LogP contribution in [-0.4, -0.2) is 140 Å². The van der Waals surface area contributed by atoms with E-state index >= 15 is 0 Å². The van der Waals surface area contributed by atoms with E-state index in [1.54, 1.807) is 6.08 Å². The molecule has 0 radical (unpaired) electrons. The summed E-state index contributed by atoms with van der Waals surface area (Å²) in [5.41, 5.74) is 0. The van der Waals surface area contributed by atoms with Crippen LogP contribution in [-0.2, 0) is 23.7 Å². The lowest BCUT2D eigenvalue weighted by Gasteiger charge is -2.46. The van der Waals surface area contributed by atoms with Crippen molar-refractivity contribution >= 4 is 5.91 Å². The maximum Gasteiger partial charge on any atom is 0.220 e. The molecule has 0 aliphatic carbocycles. The molecule has 0 aromatic carbocycles. The summed E-state index contributed by atoms with van der Waals surface area (Å²) in [4.78, 5) is 13.1. The highest BCUT2D eigenvalue weighted by Gasteiger charge is 2.50. The molecule has 2 aliphatic heterocycles. The molecule has 12 atom stereocenters. The van der Waals surface area contributed by atoms with Crippen LogP contribution in [0.3, 0.4) is 0 Å². The van der Waals surface area contributed by atoms with E-state index in [-0.39, 0.29) is 18.9 Å². The van der Waals surface area contributed by atoms with Crippen molar-refractivity contribution < 1.29 is 64.6 Å². The number of aliphatic hydroxyl groups excluding tert-OH is 8. The first-order valence-corrected chi connectivity index (χ1v) is 22.9. The number of hydrogen-bond donors (Lipinski definition) is 9. The summed E-state index contributed by atoms with van der Waals surface area (Å²) < 4.78 is 22.6. The highest BCUT2D eigenvalue weighted by molar-refractivity contribution is 5.76. The van der Waals surface area contributed by atoms with E-state index in [1.807, 2.05) is 6.08 Å². The van der Waals surface area contributed by atoms with Gasteiger partial charge in [0.1, 0.15) is 48.8 Å². The zero-order valence-corrected chi connectivity index (χ0v) is 36.4. The topological polar surface area (TPSA) is 228 Å². The maximum atomic E-state index is 13.1. The summed E-state index contributed by atoms with van der Waals surface area (Å²) in [6, 6.07) is -0.936. The van der Waals surface area contributed by atoms with Crippen LogP contribution < -0.4 is 5.32 Å². The molecular formula is C46H81NO13. The van der Waals surface area contributed by atoms with Crippen molar-refractivity contribution in [3.05, 3.63) is 48.6 Å². The second kappa shape index (κ2) is 33.5. The van der Waals surface area contributed by atoms with Gasteiger partial charge in [-0.1, -0.05) is 120 Å². The summed E-state index contributed by atoms with van der Waals surface area (Å²) in [6.07, 6.45) is 20.2. The third kappa shape index (κ3) is 21.4. The van der Waals surface area contributed by atoms with Crippen LogP contribution >= 0.6 is 0 Å². The lowest BCUT2D eigenvalue weighted by molar-refractivity contribution is -0.359. The van der Waals surface area contributed by atoms with Crippen molar-refractivity contribution in [3.63, 3.8) is 0 Å². The molecule has 2 aliphatic rings. The Hall–Kier alpha value is -2.05. The number of amides is 1. The highest BCUT2D eigenvalue weighted by atomic mass is 16.7. The lowest BCUT2D eigenvalue weighted by Crippen LogP contribution is -2.65. The fourth-order valence-corrected chi connectivity index (χ4v) is 7.16. The molecule has 1 amide bonds. The van der Waals surface area contributed by atoms with Gasteiger partial charge in [-0.05, 0) is 64.2 Å². The Balaban J connectivity index is 1.92. The smallest absolute Gasteiger partial charge is 0.220 e. The first-order chi connectivity index (χ1) is 29.1. The van der Waals surface area contributed by atoms with Gasteiger partial charge in [-0.15, -0.1) is 0 Å². The Kier molecular flexibility index (Phi) is 30.2. The maximum absolute atomic E-state index is 13.1. The van der Waals surface area contributed by atoms with Gasteiger partial charge < -0.3 is 65.1 Å². The predicted octanol–water partition coefficient (Wildman–Crippen LogP) is 4.54. The van der Waals surface area contributed by atoms with E-state index < -0.39 is 86.8 Å². The fourth-order valence-electron chi connectivity index (χ4n) is 7.16. The molecule has 60 heavy (non-hydrogen) atoms. The predicted molar refractivity (Wildman–Crippen MR) is 231 cm³/mol. The molecule has 0 aromatic heterocycles. The molecule has 2 heterocycles. The average Bonchev–Trinajstić information content (AvgIpc) is 3.24. The molecule has 2 rings (SSSR count). The number of allylic oxidation sites excluding steroid dienone is 7. The zero-order valence-electron chi connectivity index (χ0n) is 36.4. The number of hydrogen-bond acceptors (Lipinski definition) is 13. The largest absolute Gasteiger partial charge is 0.394 e. The Morgan fingerprint density at radius 3 is 1.77 bits per heavy atom. The van der Waals surface area contributed by atoms with Gasteiger partial charge in [0.25, 0.3) is 0 Å². The summed E-state index contributed by atoms with van der Waals surface area (Å²) in [5, 5.41) is 86.4. The Bertz CT molecular complexity index is 1200. The molecule has 14 nitrogen and oxygen atoms in total. The highest BCUT2D eigenvalue weighted by Crippen LogP contribution is 2.30. The van der Waals surface area contributed by atoms with Crippen molar-refractivity contribution in [2.75, 3.05) is 19.8 Å². The molecule has 12 unspecified atom stereocenters. The average molecular weight is 856 g/mol.